The third kappa shape index (κ3) is 1.51. The molecule has 2 heterocycles. The molecule has 2 aliphatic heterocycles. The van der Waals surface area contributed by atoms with Crippen molar-refractivity contribution in [3.63, 3.8) is 0 Å². The molecular weight excluding hydrogens is 328 g/mol. The first kappa shape index (κ1) is 15.9. The van der Waals surface area contributed by atoms with Crippen molar-refractivity contribution in [2.24, 2.45) is 22.7 Å². The van der Waals surface area contributed by atoms with Gasteiger partial charge in [0.2, 0.25) is 0 Å². The van der Waals surface area contributed by atoms with Crippen LogP contribution in [0.1, 0.15) is 71.6 Å². The van der Waals surface area contributed by atoms with Crippen molar-refractivity contribution in [3.8, 4) is 0 Å². The molecule has 4 aliphatic carbocycles. The Hall–Kier alpha value is -1.16. The maximum atomic E-state index is 12.0. The summed E-state index contributed by atoms with van der Waals surface area (Å²) in [7, 11) is 0. The number of carbonyl (C=O) groups is 2. The highest BCUT2D eigenvalue weighted by molar-refractivity contribution is 5.91. The van der Waals surface area contributed by atoms with Gasteiger partial charge in [-0.05, 0) is 62.9 Å². The monoisotopic (exact) mass is 356 g/mol. The Morgan fingerprint density at radius 1 is 1.00 bits per heavy atom. The Balaban J connectivity index is 1.42. The van der Waals surface area contributed by atoms with Gasteiger partial charge in [0.15, 0.2) is 5.78 Å². The SMILES string of the molecule is CC12CCC(=O)C=C1CCC1C3CC[C@@]4(CCC(=O)O4)C3(C)CC3OC312. The van der Waals surface area contributed by atoms with E-state index in [0.29, 0.717) is 30.5 Å². The fourth-order valence-electron chi connectivity index (χ4n) is 8.30. The number of ether oxygens (including phenoxy) is 2. The van der Waals surface area contributed by atoms with E-state index in [0.717, 1.165) is 44.9 Å². The van der Waals surface area contributed by atoms with Crippen LogP contribution in [-0.4, -0.2) is 29.1 Å². The van der Waals surface area contributed by atoms with Gasteiger partial charge >= 0.3 is 5.97 Å². The molecule has 0 radical (unpaired) electrons. The maximum absolute atomic E-state index is 12.0. The van der Waals surface area contributed by atoms with E-state index in [4.69, 9.17) is 9.47 Å². The maximum Gasteiger partial charge on any atom is 0.306 e. The third-order valence-corrected chi connectivity index (χ3v) is 9.67. The lowest BCUT2D eigenvalue weighted by Gasteiger charge is -2.56. The number of esters is 1. The molecule has 5 fully saturated rings. The van der Waals surface area contributed by atoms with E-state index in [9.17, 15) is 9.59 Å². The van der Waals surface area contributed by atoms with Crippen LogP contribution in [0.15, 0.2) is 11.6 Å². The van der Waals surface area contributed by atoms with Gasteiger partial charge in [0, 0.05) is 23.7 Å². The van der Waals surface area contributed by atoms with E-state index in [2.05, 4.69) is 13.8 Å². The van der Waals surface area contributed by atoms with Gasteiger partial charge in [-0.15, -0.1) is 0 Å². The Bertz CT molecular complexity index is 770. The van der Waals surface area contributed by atoms with E-state index in [1.807, 2.05) is 6.08 Å². The number of fused-ring (bicyclic) bond motifs is 4. The lowest BCUT2D eigenvalue weighted by atomic mass is 9.46. The predicted molar refractivity (Wildman–Crippen MR) is 94.3 cm³/mol. The molecule has 6 aliphatic rings. The van der Waals surface area contributed by atoms with Crippen molar-refractivity contribution in [1.82, 2.24) is 0 Å². The number of rotatable bonds is 0. The van der Waals surface area contributed by atoms with Crippen molar-refractivity contribution < 1.29 is 19.1 Å². The van der Waals surface area contributed by atoms with Crippen molar-refractivity contribution in [2.45, 2.75) is 88.9 Å². The van der Waals surface area contributed by atoms with E-state index in [-0.39, 0.29) is 34.1 Å². The zero-order valence-corrected chi connectivity index (χ0v) is 15.8. The Kier molecular flexibility index (Phi) is 2.72. The number of carbonyl (C=O) groups excluding carboxylic acids is 2. The summed E-state index contributed by atoms with van der Waals surface area (Å²) in [5.41, 5.74) is 1.12. The van der Waals surface area contributed by atoms with Gasteiger partial charge in [0.25, 0.3) is 0 Å². The van der Waals surface area contributed by atoms with Crippen molar-refractivity contribution in [1.29, 1.82) is 0 Å². The summed E-state index contributed by atoms with van der Waals surface area (Å²) >= 11 is 0. The van der Waals surface area contributed by atoms with E-state index >= 15 is 0 Å². The number of epoxide rings is 1. The fourth-order valence-corrected chi connectivity index (χ4v) is 8.30. The zero-order chi connectivity index (χ0) is 17.9. The number of ketones is 1. The van der Waals surface area contributed by atoms with Gasteiger partial charge < -0.3 is 9.47 Å². The zero-order valence-electron chi connectivity index (χ0n) is 15.8. The second-order valence-electron chi connectivity index (χ2n) is 10.2. The van der Waals surface area contributed by atoms with Crippen molar-refractivity contribution in [2.75, 3.05) is 0 Å². The summed E-state index contributed by atoms with van der Waals surface area (Å²) in [5.74, 6) is 1.40. The van der Waals surface area contributed by atoms with Crippen LogP contribution in [0.3, 0.4) is 0 Å². The smallest absolute Gasteiger partial charge is 0.306 e. The van der Waals surface area contributed by atoms with Gasteiger partial charge in [0.1, 0.15) is 11.2 Å². The summed E-state index contributed by atoms with van der Waals surface area (Å²) in [6.45, 7) is 4.74. The molecule has 140 valence electrons. The highest BCUT2D eigenvalue weighted by Gasteiger charge is 2.81. The second-order valence-corrected chi connectivity index (χ2v) is 10.2. The third-order valence-electron chi connectivity index (χ3n) is 9.67. The second kappa shape index (κ2) is 4.45. The predicted octanol–water partition coefficient (Wildman–Crippen LogP) is 3.73. The summed E-state index contributed by atoms with van der Waals surface area (Å²) in [4.78, 5) is 24.0. The average molecular weight is 356 g/mol. The van der Waals surface area contributed by atoms with Gasteiger partial charge in [-0.3, -0.25) is 9.59 Å². The largest absolute Gasteiger partial charge is 0.458 e. The van der Waals surface area contributed by atoms with Crippen LogP contribution < -0.4 is 0 Å². The molecule has 0 amide bonds. The van der Waals surface area contributed by atoms with Crippen molar-refractivity contribution >= 4 is 11.8 Å². The molecule has 7 atom stereocenters. The lowest BCUT2D eigenvalue weighted by Crippen LogP contribution is -2.59. The Labute approximate surface area is 154 Å². The molecule has 0 N–H and O–H groups in total. The standard InChI is InChI=1S/C22H28O4/c1-19-8-5-14(23)11-13(19)3-4-16-15-6-9-21(10-7-18(24)26-21)20(15,2)12-17-22(16,19)25-17/h11,15-17H,3-10,12H2,1-2H3/t15?,16?,17?,19?,20?,21-,22?/m1/s1. The van der Waals surface area contributed by atoms with E-state index in [1.54, 1.807) is 0 Å². The molecule has 6 unspecified atom stereocenters. The molecule has 26 heavy (non-hydrogen) atoms. The lowest BCUT2D eigenvalue weighted by molar-refractivity contribution is -0.164. The highest BCUT2D eigenvalue weighted by atomic mass is 16.6. The minimum Gasteiger partial charge on any atom is -0.458 e. The Morgan fingerprint density at radius 2 is 1.85 bits per heavy atom. The molecule has 3 saturated carbocycles. The molecule has 2 saturated heterocycles. The quantitative estimate of drug-likeness (QED) is 0.490. The number of hydrogen-bond acceptors (Lipinski definition) is 4. The molecule has 0 aromatic heterocycles. The Morgan fingerprint density at radius 3 is 2.62 bits per heavy atom. The van der Waals surface area contributed by atoms with Gasteiger partial charge in [-0.1, -0.05) is 19.4 Å². The molecule has 2 spiro atoms. The first-order valence-corrected chi connectivity index (χ1v) is 10.5. The topological polar surface area (TPSA) is 55.9 Å². The minimum absolute atomic E-state index is 0.00737. The van der Waals surface area contributed by atoms with Crippen LogP contribution in [0.5, 0.6) is 0 Å². The summed E-state index contributed by atoms with van der Waals surface area (Å²) < 4.78 is 12.6. The fraction of sp³-hybridized carbons (Fsp3) is 0.818. The van der Waals surface area contributed by atoms with Crippen LogP contribution in [0.4, 0.5) is 0 Å². The van der Waals surface area contributed by atoms with E-state index < -0.39 is 0 Å². The molecule has 4 nitrogen and oxygen atoms in total. The van der Waals surface area contributed by atoms with Gasteiger partial charge in [-0.2, -0.15) is 0 Å². The average Bonchev–Trinajstić information content (AvgIpc) is 3.08. The molecule has 4 heteroatoms. The molecular formula is C22H28O4. The number of hydrogen-bond donors (Lipinski definition) is 0. The van der Waals surface area contributed by atoms with Crippen molar-refractivity contribution in [3.05, 3.63) is 11.6 Å². The van der Waals surface area contributed by atoms with Crippen LogP contribution in [0.2, 0.25) is 0 Å². The molecule has 6 rings (SSSR count). The summed E-state index contributed by atoms with van der Waals surface area (Å²) in [6.07, 6.45) is 10.6. The molecule has 0 aromatic carbocycles. The highest BCUT2D eigenvalue weighted by Crippen LogP contribution is 2.77. The van der Waals surface area contributed by atoms with Gasteiger partial charge in [0.05, 0.1) is 6.10 Å². The summed E-state index contributed by atoms with van der Waals surface area (Å²) in [6, 6.07) is 0. The minimum atomic E-state index is -0.244. The van der Waals surface area contributed by atoms with Crippen LogP contribution in [-0.2, 0) is 19.1 Å². The van der Waals surface area contributed by atoms with Crippen LogP contribution >= 0.6 is 0 Å². The van der Waals surface area contributed by atoms with Crippen LogP contribution in [0, 0.1) is 22.7 Å². The van der Waals surface area contributed by atoms with E-state index in [1.165, 1.54) is 5.57 Å². The first-order valence-electron chi connectivity index (χ1n) is 10.5. The van der Waals surface area contributed by atoms with Gasteiger partial charge in [-0.25, -0.2) is 0 Å². The van der Waals surface area contributed by atoms with Crippen LogP contribution in [0.25, 0.3) is 0 Å². The summed E-state index contributed by atoms with van der Waals surface area (Å²) in [5, 5.41) is 0. The first-order chi connectivity index (χ1) is 12.3. The normalized spacial score (nSPS) is 57.0. The molecule has 0 bridgehead atoms. The molecule has 0 aromatic rings.